The summed E-state index contributed by atoms with van der Waals surface area (Å²) in [7, 11) is 0. The van der Waals surface area contributed by atoms with Crippen molar-refractivity contribution in [3.05, 3.63) is 12.2 Å². The molecule has 120 valence electrons. The Kier molecular flexibility index (Phi) is 10.9. The summed E-state index contributed by atoms with van der Waals surface area (Å²) in [5.41, 5.74) is 0.309. The molecule has 0 aromatic heterocycles. The molecule has 0 bridgehead atoms. The monoisotopic (exact) mass is 300 g/mol. The lowest BCUT2D eigenvalue weighted by molar-refractivity contribution is -0.150. The Morgan fingerprint density at radius 3 is 2.00 bits per heavy atom. The van der Waals surface area contributed by atoms with Gasteiger partial charge in [0.25, 0.3) is 0 Å². The number of carbonyl (C=O) groups is 3. The zero-order valence-electron chi connectivity index (χ0n) is 12.6. The normalized spacial score (nSPS) is 9.95. The summed E-state index contributed by atoms with van der Waals surface area (Å²) in [4.78, 5) is 32.7. The first kappa shape index (κ1) is 19.1. The SMILES string of the molecule is C=C(C)C(=O)OCCOC(=O)CCCCCCCC(=O)O. The Hall–Kier alpha value is -1.85. The van der Waals surface area contributed by atoms with Crippen molar-refractivity contribution >= 4 is 17.9 Å². The standard InChI is InChI=1S/C15H24O6/c1-12(2)15(19)21-11-10-20-14(18)9-7-5-3-4-6-8-13(16)17/h1,3-11H2,2H3,(H,16,17). The minimum absolute atomic E-state index is 0.0343. The van der Waals surface area contributed by atoms with E-state index in [1.165, 1.54) is 0 Å². The molecule has 0 atom stereocenters. The topological polar surface area (TPSA) is 89.9 Å². The number of esters is 2. The van der Waals surface area contributed by atoms with Crippen LogP contribution in [0.25, 0.3) is 0 Å². The predicted molar refractivity (Wildman–Crippen MR) is 76.7 cm³/mol. The summed E-state index contributed by atoms with van der Waals surface area (Å²) in [6.07, 6.45) is 4.57. The zero-order valence-corrected chi connectivity index (χ0v) is 12.6. The van der Waals surface area contributed by atoms with Crippen LogP contribution in [-0.4, -0.2) is 36.2 Å². The van der Waals surface area contributed by atoms with Gasteiger partial charge in [0.15, 0.2) is 0 Å². The highest BCUT2D eigenvalue weighted by molar-refractivity contribution is 5.86. The van der Waals surface area contributed by atoms with Crippen molar-refractivity contribution in [2.75, 3.05) is 13.2 Å². The minimum Gasteiger partial charge on any atom is -0.481 e. The molecule has 21 heavy (non-hydrogen) atoms. The average molecular weight is 300 g/mol. The van der Waals surface area contributed by atoms with Crippen molar-refractivity contribution in [3.8, 4) is 0 Å². The summed E-state index contributed by atoms with van der Waals surface area (Å²) >= 11 is 0. The van der Waals surface area contributed by atoms with Crippen LogP contribution in [-0.2, 0) is 23.9 Å². The molecule has 0 unspecified atom stereocenters. The van der Waals surface area contributed by atoms with Gasteiger partial charge in [0, 0.05) is 18.4 Å². The first-order chi connectivity index (χ1) is 9.93. The van der Waals surface area contributed by atoms with Gasteiger partial charge in [0.05, 0.1) is 0 Å². The zero-order chi connectivity index (χ0) is 16.1. The van der Waals surface area contributed by atoms with Crippen molar-refractivity contribution in [3.63, 3.8) is 0 Å². The summed E-state index contributed by atoms with van der Waals surface area (Å²) in [5, 5.41) is 8.46. The first-order valence-corrected chi connectivity index (χ1v) is 7.13. The second kappa shape index (κ2) is 11.9. The molecule has 0 aromatic carbocycles. The lowest BCUT2D eigenvalue weighted by Crippen LogP contribution is -2.14. The lowest BCUT2D eigenvalue weighted by Gasteiger charge is -2.06. The number of hydrogen-bond donors (Lipinski definition) is 1. The molecular weight excluding hydrogens is 276 g/mol. The number of carboxylic acid groups (broad SMARTS) is 1. The van der Waals surface area contributed by atoms with Gasteiger partial charge in [-0.05, 0) is 19.8 Å². The van der Waals surface area contributed by atoms with Gasteiger partial charge in [-0.15, -0.1) is 0 Å². The maximum Gasteiger partial charge on any atom is 0.333 e. The molecule has 0 rings (SSSR count). The smallest absolute Gasteiger partial charge is 0.333 e. The molecule has 6 heteroatoms. The predicted octanol–water partition coefficient (Wildman–Crippen LogP) is 2.46. The molecule has 0 spiro atoms. The molecule has 0 aliphatic heterocycles. The minimum atomic E-state index is -0.772. The second-order valence-electron chi connectivity index (χ2n) is 4.80. The van der Waals surface area contributed by atoms with Gasteiger partial charge in [0.2, 0.25) is 0 Å². The molecule has 0 saturated carbocycles. The van der Waals surface area contributed by atoms with E-state index < -0.39 is 11.9 Å². The van der Waals surface area contributed by atoms with Gasteiger partial charge in [0.1, 0.15) is 13.2 Å². The van der Waals surface area contributed by atoms with E-state index in [1.54, 1.807) is 6.92 Å². The fraction of sp³-hybridized carbons (Fsp3) is 0.667. The molecule has 0 radical (unpaired) electrons. The van der Waals surface area contributed by atoms with Crippen LogP contribution in [0.3, 0.4) is 0 Å². The van der Waals surface area contributed by atoms with E-state index >= 15 is 0 Å². The third kappa shape index (κ3) is 12.9. The number of unbranched alkanes of at least 4 members (excludes halogenated alkanes) is 4. The maximum atomic E-state index is 11.3. The summed E-state index contributed by atoms with van der Waals surface area (Å²) in [6, 6.07) is 0. The molecule has 1 N–H and O–H groups in total. The molecule has 0 amide bonds. The summed E-state index contributed by atoms with van der Waals surface area (Å²) < 4.78 is 9.69. The van der Waals surface area contributed by atoms with Gasteiger partial charge < -0.3 is 14.6 Å². The van der Waals surface area contributed by atoms with Crippen molar-refractivity contribution in [2.24, 2.45) is 0 Å². The van der Waals surface area contributed by atoms with E-state index in [4.69, 9.17) is 14.6 Å². The van der Waals surface area contributed by atoms with Gasteiger partial charge in [-0.2, -0.15) is 0 Å². The lowest BCUT2D eigenvalue weighted by atomic mass is 10.1. The van der Waals surface area contributed by atoms with Crippen molar-refractivity contribution in [1.29, 1.82) is 0 Å². The molecule has 0 saturated heterocycles. The van der Waals surface area contributed by atoms with Gasteiger partial charge in [-0.1, -0.05) is 25.8 Å². The third-order valence-corrected chi connectivity index (χ3v) is 2.70. The van der Waals surface area contributed by atoms with E-state index in [1.807, 2.05) is 0 Å². The molecule has 0 aliphatic carbocycles. The van der Waals surface area contributed by atoms with E-state index in [2.05, 4.69) is 6.58 Å². The average Bonchev–Trinajstić information content (AvgIpc) is 2.41. The van der Waals surface area contributed by atoms with Crippen LogP contribution in [0, 0.1) is 0 Å². The number of carbonyl (C=O) groups excluding carboxylic acids is 2. The van der Waals surface area contributed by atoms with Crippen molar-refractivity contribution in [2.45, 2.75) is 51.9 Å². The summed E-state index contributed by atoms with van der Waals surface area (Å²) in [6.45, 7) is 5.07. The van der Waals surface area contributed by atoms with Crippen LogP contribution in [0.1, 0.15) is 51.9 Å². The van der Waals surface area contributed by atoms with E-state index in [0.717, 1.165) is 25.7 Å². The molecule has 0 aliphatic rings. The Labute approximate surface area is 125 Å². The van der Waals surface area contributed by atoms with Crippen molar-refractivity contribution in [1.82, 2.24) is 0 Å². The molecule has 0 heterocycles. The van der Waals surface area contributed by atoms with Gasteiger partial charge >= 0.3 is 17.9 Å². The number of rotatable bonds is 12. The van der Waals surface area contributed by atoms with Crippen LogP contribution < -0.4 is 0 Å². The highest BCUT2D eigenvalue weighted by Crippen LogP contribution is 2.07. The van der Waals surface area contributed by atoms with Crippen LogP contribution in [0.5, 0.6) is 0 Å². The Bertz CT molecular complexity index is 361. The molecule has 0 fully saturated rings. The number of aliphatic carboxylic acids is 1. The Balaban J connectivity index is 3.37. The fourth-order valence-electron chi connectivity index (χ4n) is 1.56. The third-order valence-electron chi connectivity index (χ3n) is 2.70. The highest BCUT2D eigenvalue weighted by Gasteiger charge is 2.05. The van der Waals surface area contributed by atoms with Gasteiger partial charge in [-0.3, -0.25) is 9.59 Å². The van der Waals surface area contributed by atoms with E-state index in [0.29, 0.717) is 18.4 Å². The number of ether oxygens (including phenoxy) is 2. The number of carboxylic acids is 1. The second-order valence-corrected chi connectivity index (χ2v) is 4.80. The van der Waals surface area contributed by atoms with Crippen LogP contribution in [0.2, 0.25) is 0 Å². The van der Waals surface area contributed by atoms with E-state index in [9.17, 15) is 14.4 Å². The molecule has 6 nitrogen and oxygen atoms in total. The fourth-order valence-corrected chi connectivity index (χ4v) is 1.56. The van der Waals surface area contributed by atoms with E-state index in [-0.39, 0.29) is 25.6 Å². The van der Waals surface area contributed by atoms with Crippen LogP contribution in [0.15, 0.2) is 12.2 Å². The molecular formula is C15H24O6. The Morgan fingerprint density at radius 2 is 1.43 bits per heavy atom. The summed E-state index contributed by atoms with van der Waals surface area (Å²) in [5.74, 6) is -1.58. The van der Waals surface area contributed by atoms with Crippen molar-refractivity contribution < 1.29 is 29.0 Å². The quantitative estimate of drug-likeness (QED) is 0.338. The van der Waals surface area contributed by atoms with Gasteiger partial charge in [-0.25, -0.2) is 4.79 Å². The number of hydrogen-bond acceptors (Lipinski definition) is 5. The maximum absolute atomic E-state index is 11.3. The largest absolute Gasteiger partial charge is 0.481 e. The first-order valence-electron chi connectivity index (χ1n) is 7.13. The highest BCUT2D eigenvalue weighted by atomic mass is 16.6. The Morgan fingerprint density at radius 1 is 0.905 bits per heavy atom. The molecule has 0 aromatic rings. The van der Waals surface area contributed by atoms with Crippen LogP contribution in [0.4, 0.5) is 0 Å². The van der Waals surface area contributed by atoms with Crippen LogP contribution >= 0.6 is 0 Å².